The second kappa shape index (κ2) is 5.29. The topological polar surface area (TPSA) is 12.4 Å². The lowest BCUT2D eigenvalue weighted by Crippen LogP contribution is -1.79. The van der Waals surface area contributed by atoms with Gasteiger partial charge in [0, 0.05) is 11.9 Å². The summed E-state index contributed by atoms with van der Waals surface area (Å²) in [5.74, 6) is 0. The molecule has 1 heteroatoms. The van der Waals surface area contributed by atoms with Crippen molar-refractivity contribution in [1.29, 1.82) is 0 Å². The molecule has 0 aromatic heterocycles. The van der Waals surface area contributed by atoms with Gasteiger partial charge in [0.25, 0.3) is 0 Å². The van der Waals surface area contributed by atoms with Gasteiger partial charge in [-0.15, -0.1) is 0 Å². The Balaban J connectivity index is 3.84. The maximum atomic E-state index is 4.08. The van der Waals surface area contributed by atoms with Crippen molar-refractivity contribution < 1.29 is 0 Å². The highest BCUT2D eigenvalue weighted by Crippen LogP contribution is 1.82. The minimum absolute atomic E-state index is 1.04. The van der Waals surface area contributed by atoms with Crippen LogP contribution in [0, 0.1) is 0 Å². The van der Waals surface area contributed by atoms with E-state index in [1.54, 1.807) is 6.20 Å². The second-order valence-electron chi connectivity index (χ2n) is 1.75. The molecule has 0 saturated carbocycles. The van der Waals surface area contributed by atoms with Crippen molar-refractivity contribution >= 4 is 5.71 Å². The van der Waals surface area contributed by atoms with Crippen molar-refractivity contribution in [1.82, 2.24) is 0 Å². The third-order valence-electron chi connectivity index (χ3n) is 0.835. The molecule has 50 valence electrons. The van der Waals surface area contributed by atoms with Crippen molar-refractivity contribution in [2.24, 2.45) is 4.99 Å². The Labute approximate surface area is 56.8 Å². The van der Waals surface area contributed by atoms with Crippen LogP contribution in [0.5, 0.6) is 0 Å². The molecular formula is C8H13N. The fourth-order valence-electron chi connectivity index (χ4n) is 0.476. The lowest BCUT2D eigenvalue weighted by Gasteiger charge is -1.83. The van der Waals surface area contributed by atoms with Gasteiger partial charge in [-0.3, -0.25) is 4.99 Å². The summed E-state index contributed by atoms with van der Waals surface area (Å²) in [5, 5.41) is 0. The molecule has 0 aromatic rings. The molecule has 0 aliphatic carbocycles. The Bertz CT molecular complexity index is 141. The molecule has 0 heterocycles. The van der Waals surface area contributed by atoms with Crippen LogP contribution in [-0.4, -0.2) is 5.71 Å². The molecule has 1 nitrogen and oxygen atoms in total. The lowest BCUT2D eigenvalue weighted by molar-refractivity contribution is 1.50. The van der Waals surface area contributed by atoms with Gasteiger partial charge in [0.1, 0.15) is 0 Å². The van der Waals surface area contributed by atoms with E-state index < -0.39 is 0 Å². The van der Waals surface area contributed by atoms with Crippen molar-refractivity contribution in [2.45, 2.75) is 20.8 Å². The number of hydrogen-bond donors (Lipinski definition) is 0. The quantitative estimate of drug-likeness (QED) is 0.500. The first-order valence-corrected chi connectivity index (χ1v) is 3.09. The van der Waals surface area contributed by atoms with E-state index in [1.165, 1.54) is 0 Å². The fraction of sp³-hybridized carbons (Fsp3) is 0.375. The summed E-state index contributed by atoms with van der Waals surface area (Å²) >= 11 is 0. The van der Waals surface area contributed by atoms with Crippen LogP contribution < -0.4 is 0 Å². The first-order chi connectivity index (χ1) is 4.31. The Morgan fingerprint density at radius 2 is 1.89 bits per heavy atom. The maximum absolute atomic E-state index is 4.08. The highest BCUT2D eigenvalue weighted by molar-refractivity contribution is 5.93. The molecule has 0 rings (SSSR count). The summed E-state index contributed by atoms with van der Waals surface area (Å²) < 4.78 is 0. The average Bonchev–Trinajstić information content (AvgIpc) is 1.85. The van der Waals surface area contributed by atoms with Gasteiger partial charge in [0.05, 0.1) is 0 Å². The van der Waals surface area contributed by atoms with Gasteiger partial charge in [-0.1, -0.05) is 12.2 Å². The largest absolute Gasteiger partial charge is 0.262 e. The highest BCUT2D eigenvalue weighted by atomic mass is 14.7. The van der Waals surface area contributed by atoms with Gasteiger partial charge in [-0.25, -0.2) is 0 Å². The van der Waals surface area contributed by atoms with Crippen LogP contribution in [0.2, 0.25) is 0 Å². The van der Waals surface area contributed by atoms with E-state index in [1.807, 2.05) is 39.0 Å². The van der Waals surface area contributed by atoms with Crippen LogP contribution in [0.25, 0.3) is 0 Å². The summed E-state index contributed by atoms with van der Waals surface area (Å²) in [7, 11) is 0. The second-order valence-corrected chi connectivity index (χ2v) is 1.75. The van der Waals surface area contributed by atoms with Crippen LogP contribution in [0.3, 0.4) is 0 Å². The zero-order valence-electron chi connectivity index (χ0n) is 6.26. The van der Waals surface area contributed by atoms with Gasteiger partial charge >= 0.3 is 0 Å². The van der Waals surface area contributed by atoms with Crippen molar-refractivity contribution in [3.05, 3.63) is 24.4 Å². The van der Waals surface area contributed by atoms with Crippen LogP contribution in [0.1, 0.15) is 20.8 Å². The number of aliphatic imine (C=N–C) groups is 1. The molecule has 0 fully saturated rings. The zero-order valence-corrected chi connectivity index (χ0v) is 6.26. The minimum Gasteiger partial charge on any atom is -0.262 e. The summed E-state index contributed by atoms with van der Waals surface area (Å²) in [4.78, 5) is 4.08. The minimum atomic E-state index is 1.04. The number of allylic oxidation sites excluding steroid dienone is 3. The monoisotopic (exact) mass is 123 g/mol. The smallest absolute Gasteiger partial charge is 0.0369 e. The first-order valence-electron chi connectivity index (χ1n) is 3.09. The van der Waals surface area contributed by atoms with Crippen LogP contribution in [-0.2, 0) is 0 Å². The fourth-order valence-corrected chi connectivity index (χ4v) is 0.476. The van der Waals surface area contributed by atoms with E-state index in [9.17, 15) is 0 Å². The van der Waals surface area contributed by atoms with Crippen LogP contribution in [0.4, 0.5) is 0 Å². The van der Waals surface area contributed by atoms with E-state index in [-0.39, 0.29) is 0 Å². The third-order valence-corrected chi connectivity index (χ3v) is 0.835. The van der Waals surface area contributed by atoms with Crippen LogP contribution in [0.15, 0.2) is 29.4 Å². The summed E-state index contributed by atoms with van der Waals surface area (Å²) in [6, 6.07) is 0. The predicted molar refractivity (Wildman–Crippen MR) is 42.7 cm³/mol. The Morgan fingerprint density at radius 3 is 2.33 bits per heavy atom. The van der Waals surface area contributed by atoms with Crippen molar-refractivity contribution in [3.63, 3.8) is 0 Å². The molecule has 0 bridgehead atoms. The van der Waals surface area contributed by atoms with Gasteiger partial charge in [-0.2, -0.15) is 0 Å². The maximum Gasteiger partial charge on any atom is 0.0369 e. The third kappa shape index (κ3) is 5.01. The molecule has 0 spiro atoms. The molecule has 0 saturated heterocycles. The molecule has 0 aliphatic rings. The molecule has 0 aliphatic heterocycles. The normalized spacial score (nSPS) is 13.9. The number of rotatable bonds is 2. The molecule has 0 aromatic carbocycles. The molecule has 0 N–H and O–H groups in total. The Kier molecular flexibility index (Phi) is 4.79. The molecule has 0 unspecified atom stereocenters. The van der Waals surface area contributed by atoms with E-state index in [4.69, 9.17) is 0 Å². The van der Waals surface area contributed by atoms with E-state index in [0.29, 0.717) is 0 Å². The highest BCUT2D eigenvalue weighted by Gasteiger charge is 1.74. The Morgan fingerprint density at radius 1 is 1.22 bits per heavy atom. The summed E-state index contributed by atoms with van der Waals surface area (Å²) in [6.07, 6.45) is 7.64. The lowest BCUT2D eigenvalue weighted by atomic mass is 10.4. The average molecular weight is 123 g/mol. The van der Waals surface area contributed by atoms with Crippen molar-refractivity contribution in [3.8, 4) is 0 Å². The van der Waals surface area contributed by atoms with Crippen molar-refractivity contribution in [2.75, 3.05) is 0 Å². The Hall–Kier alpha value is -0.850. The molecular weight excluding hydrogens is 110 g/mol. The molecule has 9 heavy (non-hydrogen) atoms. The molecule has 0 radical (unpaired) electrons. The molecule has 0 atom stereocenters. The first kappa shape index (κ1) is 8.15. The molecule has 0 amide bonds. The predicted octanol–water partition coefficient (Wildman–Crippen LogP) is 2.56. The van der Waals surface area contributed by atoms with E-state index in [2.05, 4.69) is 4.99 Å². The SMILES string of the molecule is C\C=C/N=C(C)\C=C/C. The zero-order chi connectivity index (χ0) is 7.11. The summed E-state index contributed by atoms with van der Waals surface area (Å²) in [6.45, 7) is 5.90. The van der Waals surface area contributed by atoms with Gasteiger partial charge in [0.2, 0.25) is 0 Å². The number of nitrogens with zero attached hydrogens (tertiary/aromatic N) is 1. The van der Waals surface area contributed by atoms with Gasteiger partial charge < -0.3 is 0 Å². The van der Waals surface area contributed by atoms with E-state index >= 15 is 0 Å². The standard InChI is InChI=1S/C8H13N/c1-4-6-8(3)9-7-5-2/h4-7H,1-3H3/b6-4-,7-5-,9-8-. The van der Waals surface area contributed by atoms with Gasteiger partial charge in [-0.05, 0) is 26.8 Å². The van der Waals surface area contributed by atoms with E-state index in [0.717, 1.165) is 5.71 Å². The van der Waals surface area contributed by atoms with Crippen LogP contribution >= 0.6 is 0 Å². The summed E-state index contributed by atoms with van der Waals surface area (Å²) in [5.41, 5.74) is 1.04. The van der Waals surface area contributed by atoms with Gasteiger partial charge in [0.15, 0.2) is 0 Å². The number of hydrogen-bond acceptors (Lipinski definition) is 1.